The van der Waals surface area contributed by atoms with E-state index in [1.165, 1.54) is 22.4 Å². The molecule has 0 N–H and O–H groups in total. The van der Waals surface area contributed by atoms with Gasteiger partial charge in [-0.2, -0.15) is 0 Å². The number of hydrogen-bond acceptors (Lipinski definition) is 2. The fourth-order valence-corrected chi connectivity index (χ4v) is 2.47. The van der Waals surface area contributed by atoms with E-state index in [1.54, 1.807) is 0 Å². The van der Waals surface area contributed by atoms with Crippen LogP contribution in [0.25, 0.3) is 0 Å². The predicted molar refractivity (Wildman–Crippen MR) is 74.0 cm³/mol. The first-order chi connectivity index (χ1) is 8.72. The van der Waals surface area contributed by atoms with Crippen LogP contribution in [0.1, 0.15) is 16.7 Å². The van der Waals surface area contributed by atoms with E-state index in [0.29, 0.717) is 6.73 Å². The minimum absolute atomic E-state index is 0.625. The minimum atomic E-state index is 0.625. The summed E-state index contributed by atoms with van der Waals surface area (Å²) in [5.74, 6) is 1.01. The molecule has 92 valence electrons. The molecule has 0 fully saturated rings. The lowest BCUT2D eigenvalue weighted by molar-refractivity contribution is 0.289. The number of rotatable bonds is 1. The summed E-state index contributed by atoms with van der Waals surface area (Å²) in [5.41, 5.74) is 5.08. The average Bonchev–Trinajstić information content (AvgIpc) is 2.37. The first-order valence-corrected chi connectivity index (χ1v) is 6.26. The topological polar surface area (TPSA) is 12.5 Å². The van der Waals surface area contributed by atoms with E-state index < -0.39 is 0 Å². The van der Waals surface area contributed by atoms with E-state index in [1.807, 2.05) is 12.1 Å². The Bertz CT molecular complexity index is 557. The molecule has 18 heavy (non-hydrogen) atoms. The molecule has 0 aliphatic carbocycles. The van der Waals surface area contributed by atoms with E-state index in [0.717, 1.165) is 12.3 Å². The number of para-hydroxylation sites is 1. The first-order valence-electron chi connectivity index (χ1n) is 6.26. The molecule has 0 spiro atoms. The summed E-state index contributed by atoms with van der Waals surface area (Å²) >= 11 is 0. The molecule has 0 aromatic heterocycles. The largest absolute Gasteiger partial charge is 0.473 e. The second-order valence-corrected chi connectivity index (χ2v) is 4.93. The van der Waals surface area contributed by atoms with Crippen molar-refractivity contribution in [1.29, 1.82) is 0 Å². The Kier molecular flexibility index (Phi) is 2.71. The minimum Gasteiger partial charge on any atom is -0.473 e. The summed E-state index contributed by atoms with van der Waals surface area (Å²) in [5, 5.41) is 0. The Labute approximate surface area is 108 Å². The van der Waals surface area contributed by atoms with Crippen LogP contribution >= 0.6 is 0 Å². The number of aryl methyl sites for hydroxylation is 2. The summed E-state index contributed by atoms with van der Waals surface area (Å²) in [4.78, 5) is 2.27. The predicted octanol–water partition coefficient (Wildman–Crippen LogP) is 3.66. The maximum Gasteiger partial charge on any atom is 0.161 e. The van der Waals surface area contributed by atoms with Gasteiger partial charge in [-0.1, -0.05) is 24.3 Å². The molecule has 0 saturated heterocycles. The smallest absolute Gasteiger partial charge is 0.161 e. The third-order valence-electron chi connectivity index (χ3n) is 3.28. The number of hydrogen-bond donors (Lipinski definition) is 0. The Hall–Kier alpha value is -1.96. The molecule has 0 radical (unpaired) electrons. The van der Waals surface area contributed by atoms with E-state index in [2.05, 4.69) is 49.1 Å². The van der Waals surface area contributed by atoms with Gasteiger partial charge in [0.1, 0.15) is 5.75 Å². The SMILES string of the molecule is Cc1cc(C)cc(N2COc3ccccc3C2)c1. The standard InChI is InChI=1S/C16H17NO/c1-12-7-13(2)9-15(8-12)17-10-14-5-3-4-6-16(14)18-11-17/h3-9H,10-11H2,1-2H3. The van der Waals surface area contributed by atoms with Gasteiger partial charge in [0.15, 0.2) is 6.73 Å². The van der Waals surface area contributed by atoms with Gasteiger partial charge < -0.3 is 9.64 Å². The molecule has 0 unspecified atom stereocenters. The fourth-order valence-electron chi connectivity index (χ4n) is 2.47. The average molecular weight is 239 g/mol. The summed E-state index contributed by atoms with van der Waals surface area (Å²) in [7, 11) is 0. The van der Waals surface area contributed by atoms with Gasteiger partial charge in [0.2, 0.25) is 0 Å². The van der Waals surface area contributed by atoms with E-state index >= 15 is 0 Å². The first kappa shape index (κ1) is 11.1. The Morgan fingerprint density at radius 2 is 1.72 bits per heavy atom. The maximum absolute atomic E-state index is 5.80. The molecule has 0 bridgehead atoms. The molecule has 1 aliphatic heterocycles. The van der Waals surface area contributed by atoms with Crippen molar-refractivity contribution < 1.29 is 4.74 Å². The molecule has 2 aromatic rings. The molecule has 2 nitrogen and oxygen atoms in total. The Balaban J connectivity index is 1.91. The van der Waals surface area contributed by atoms with Crippen molar-refractivity contribution in [2.45, 2.75) is 20.4 Å². The van der Waals surface area contributed by atoms with Crippen LogP contribution in [0.5, 0.6) is 5.75 Å². The monoisotopic (exact) mass is 239 g/mol. The summed E-state index contributed by atoms with van der Waals surface area (Å²) in [6.45, 7) is 5.81. The molecular weight excluding hydrogens is 222 g/mol. The van der Waals surface area contributed by atoms with Crippen LogP contribution in [-0.4, -0.2) is 6.73 Å². The summed E-state index contributed by atoms with van der Waals surface area (Å²) < 4.78 is 5.80. The maximum atomic E-state index is 5.80. The van der Waals surface area contributed by atoms with Crippen molar-refractivity contribution >= 4 is 5.69 Å². The number of anilines is 1. The molecule has 3 rings (SSSR count). The van der Waals surface area contributed by atoms with Crippen molar-refractivity contribution in [2.24, 2.45) is 0 Å². The van der Waals surface area contributed by atoms with Crippen LogP contribution in [0.15, 0.2) is 42.5 Å². The normalized spacial score (nSPS) is 14.0. The molecule has 1 aliphatic rings. The highest BCUT2D eigenvalue weighted by atomic mass is 16.5. The molecular formula is C16H17NO. The van der Waals surface area contributed by atoms with Crippen molar-refractivity contribution in [3.8, 4) is 5.75 Å². The zero-order valence-electron chi connectivity index (χ0n) is 10.8. The third-order valence-corrected chi connectivity index (χ3v) is 3.28. The zero-order chi connectivity index (χ0) is 12.5. The van der Waals surface area contributed by atoms with Gasteiger partial charge in [0.25, 0.3) is 0 Å². The summed E-state index contributed by atoms with van der Waals surface area (Å²) in [6, 6.07) is 14.9. The van der Waals surface area contributed by atoms with Crippen molar-refractivity contribution in [1.82, 2.24) is 0 Å². The molecule has 0 amide bonds. The van der Waals surface area contributed by atoms with Crippen LogP contribution in [0.4, 0.5) is 5.69 Å². The van der Waals surface area contributed by atoms with Gasteiger partial charge in [0, 0.05) is 17.8 Å². The van der Waals surface area contributed by atoms with Gasteiger partial charge in [-0.25, -0.2) is 0 Å². The van der Waals surface area contributed by atoms with Gasteiger partial charge in [0.05, 0.1) is 0 Å². The number of nitrogens with zero attached hydrogens (tertiary/aromatic N) is 1. The van der Waals surface area contributed by atoms with E-state index in [9.17, 15) is 0 Å². The Morgan fingerprint density at radius 3 is 2.50 bits per heavy atom. The summed E-state index contributed by atoms with van der Waals surface area (Å²) in [6.07, 6.45) is 0. The molecule has 1 heterocycles. The van der Waals surface area contributed by atoms with Crippen molar-refractivity contribution in [3.05, 3.63) is 59.2 Å². The number of fused-ring (bicyclic) bond motifs is 1. The molecule has 0 saturated carbocycles. The van der Waals surface area contributed by atoms with E-state index in [-0.39, 0.29) is 0 Å². The van der Waals surface area contributed by atoms with Crippen molar-refractivity contribution in [3.63, 3.8) is 0 Å². The molecule has 0 atom stereocenters. The van der Waals surface area contributed by atoms with Crippen LogP contribution in [0, 0.1) is 13.8 Å². The van der Waals surface area contributed by atoms with Gasteiger partial charge in [-0.15, -0.1) is 0 Å². The second-order valence-electron chi connectivity index (χ2n) is 4.93. The van der Waals surface area contributed by atoms with Gasteiger partial charge >= 0.3 is 0 Å². The van der Waals surface area contributed by atoms with Crippen LogP contribution in [0.2, 0.25) is 0 Å². The molecule has 2 heteroatoms. The van der Waals surface area contributed by atoms with Gasteiger partial charge in [-0.05, 0) is 43.2 Å². The highest BCUT2D eigenvalue weighted by Crippen LogP contribution is 2.28. The lowest BCUT2D eigenvalue weighted by atomic mass is 10.1. The highest BCUT2D eigenvalue weighted by molar-refractivity contribution is 5.53. The second kappa shape index (κ2) is 4.37. The van der Waals surface area contributed by atoms with Crippen LogP contribution in [0.3, 0.4) is 0 Å². The fraction of sp³-hybridized carbons (Fsp3) is 0.250. The number of benzene rings is 2. The Morgan fingerprint density at radius 1 is 1.00 bits per heavy atom. The quantitative estimate of drug-likeness (QED) is 0.753. The van der Waals surface area contributed by atoms with E-state index in [4.69, 9.17) is 4.74 Å². The van der Waals surface area contributed by atoms with Gasteiger partial charge in [-0.3, -0.25) is 0 Å². The third kappa shape index (κ3) is 2.06. The molecule has 2 aromatic carbocycles. The highest BCUT2D eigenvalue weighted by Gasteiger charge is 2.17. The van der Waals surface area contributed by atoms with Crippen molar-refractivity contribution in [2.75, 3.05) is 11.6 Å². The number of ether oxygens (including phenoxy) is 1. The zero-order valence-corrected chi connectivity index (χ0v) is 10.8. The van der Waals surface area contributed by atoms with Crippen LogP contribution in [-0.2, 0) is 6.54 Å². The van der Waals surface area contributed by atoms with Crippen LogP contribution < -0.4 is 9.64 Å². The lowest BCUT2D eigenvalue weighted by Crippen LogP contribution is -2.31. The lowest BCUT2D eigenvalue weighted by Gasteiger charge is -2.31.